The van der Waals surface area contributed by atoms with Gasteiger partial charge >= 0.3 is 5.97 Å². The number of phenols is 1. The average Bonchev–Trinajstić information content (AvgIpc) is 2.42. The molecule has 0 spiro atoms. The van der Waals surface area contributed by atoms with E-state index in [1.807, 2.05) is 0 Å². The maximum absolute atomic E-state index is 11.8. The summed E-state index contributed by atoms with van der Waals surface area (Å²) in [6.45, 7) is 1.77. The predicted octanol–water partition coefficient (Wildman–Crippen LogP) is 3.00. The van der Waals surface area contributed by atoms with Crippen molar-refractivity contribution in [1.29, 1.82) is 0 Å². The van der Waals surface area contributed by atoms with Crippen molar-refractivity contribution in [2.75, 3.05) is 7.11 Å². The van der Waals surface area contributed by atoms with Crippen LogP contribution in [0.3, 0.4) is 0 Å². The van der Waals surface area contributed by atoms with Gasteiger partial charge in [0.25, 0.3) is 0 Å². The Hall–Kier alpha value is -1.71. The molecule has 4 heteroatoms. The number of hydrogen-bond donors (Lipinski definition) is 2. The highest BCUT2D eigenvalue weighted by Gasteiger charge is 2.45. The lowest BCUT2D eigenvalue weighted by molar-refractivity contribution is -0.145. The highest BCUT2D eigenvalue weighted by Crippen LogP contribution is 2.48. The smallest absolute Gasteiger partial charge is 0.314 e. The van der Waals surface area contributed by atoms with Gasteiger partial charge < -0.3 is 14.9 Å². The first-order valence-corrected chi connectivity index (χ1v) is 6.63. The maximum atomic E-state index is 11.8. The van der Waals surface area contributed by atoms with Crippen LogP contribution in [0, 0.1) is 6.92 Å². The lowest BCUT2D eigenvalue weighted by Gasteiger charge is -2.35. The van der Waals surface area contributed by atoms with E-state index < -0.39 is 11.4 Å². The van der Waals surface area contributed by atoms with E-state index in [0.29, 0.717) is 29.7 Å². The summed E-state index contributed by atoms with van der Waals surface area (Å²) in [6, 6.07) is 3.49. The van der Waals surface area contributed by atoms with Crippen molar-refractivity contribution < 1.29 is 19.7 Å². The molecule has 2 rings (SSSR count). The van der Waals surface area contributed by atoms with Crippen LogP contribution < -0.4 is 4.74 Å². The van der Waals surface area contributed by atoms with Crippen LogP contribution in [-0.2, 0) is 10.2 Å². The topological polar surface area (TPSA) is 66.8 Å². The second-order valence-electron chi connectivity index (χ2n) is 5.26. The zero-order valence-corrected chi connectivity index (χ0v) is 11.4. The molecular formula is C15H20O4. The Morgan fingerprint density at radius 3 is 2.42 bits per heavy atom. The van der Waals surface area contributed by atoms with Crippen molar-refractivity contribution in [2.24, 2.45) is 0 Å². The number of carbonyl (C=O) groups is 1. The van der Waals surface area contributed by atoms with E-state index in [-0.39, 0.29) is 5.75 Å². The van der Waals surface area contributed by atoms with Gasteiger partial charge in [-0.05, 0) is 31.4 Å². The fraction of sp³-hybridized carbons (Fsp3) is 0.533. The molecule has 1 aromatic rings. The summed E-state index contributed by atoms with van der Waals surface area (Å²) in [5, 5.41) is 20.0. The standard InChI is InChI=1S/C15H20O4/c1-10-6-7-11(19-2)12(13(10)16)15(14(17)18)8-4-3-5-9-15/h6-7,16H,3-5,8-9H2,1-2H3,(H,17,18). The predicted molar refractivity (Wildman–Crippen MR) is 71.8 cm³/mol. The third kappa shape index (κ3) is 2.15. The lowest BCUT2D eigenvalue weighted by Crippen LogP contribution is -2.38. The van der Waals surface area contributed by atoms with Crippen LogP contribution >= 0.6 is 0 Å². The summed E-state index contributed by atoms with van der Waals surface area (Å²) in [6.07, 6.45) is 3.88. The molecule has 0 atom stereocenters. The van der Waals surface area contributed by atoms with Gasteiger partial charge in [-0.1, -0.05) is 25.3 Å². The quantitative estimate of drug-likeness (QED) is 0.880. The highest BCUT2D eigenvalue weighted by atomic mass is 16.5. The number of aromatic hydroxyl groups is 1. The third-order valence-corrected chi connectivity index (χ3v) is 4.16. The van der Waals surface area contributed by atoms with Crippen LogP contribution in [0.5, 0.6) is 11.5 Å². The van der Waals surface area contributed by atoms with Gasteiger partial charge in [-0.25, -0.2) is 0 Å². The molecule has 1 saturated carbocycles. The van der Waals surface area contributed by atoms with Gasteiger partial charge in [-0.3, -0.25) is 4.79 Å². The number of aryl methyl sites for hydroxylation is 1. The van der Waals surface area contributed by atoms with Gasteiger partial charge in [0.1, 0.15) is 11.5 Å². The summed E-state index contributed by atoms with van der Waals surface area (Å²) >= 11 is 0. The summed E-state index contributed by atoms with van der Waals surface area (Å²) < 4.78 is 5.29. The fourth-order valence-electron chi connectivity index (χ4n) is 3.04. The second-order valence-corrected chi connectivity index (χ2v) is 5.26. The van der Waals surface area contributed by atoms with Crippen LogP contribution in [-0.4, -0.2) is 23.3 Å². The molecule has 0 unspecified atom stereocenters. The summed E-state index contributed by atoms with van der Waals surface area (Å²) in [7, 11) is 1.51. The van der Waals surface area contributed by atoms with Crippen molar-refractivity contribution in [3.63, 3.8) is 0 Å². The van der Waals surface area contributed by atoms with E-state index in [0.717, 1.165) is 19.3 Å². The highest BCUT2D eigenvalue weighted by molar-refractivity contribution is 5.84. The van der Waals surface area contributed by atoms with Crippen LogP contribution in [0.15, 0.2) is 12.1 Å². The van der Waals surface area contributed by atoms with Crippen molar-refractivity contribution >= 4 is 5.97 Å². The Kier molecular flexibility index (Phi) is 3.69. The molecule has 0 saturated heterocycles. The lowest BCUT2D eigenvalue weighted by atomic mass is 9.68. The molecule has 19 heavy (non-hydrogen) atoms. The van der Waals surface area contributed by atoms with Crippen molar-refractivity contribution in [3.05, 3.63) is 23.3 Å². The Morgan fingerprint density at radius 2 is 1.89 bits per heavy atom. The molecule has 4 nitrogen and oxygen atoms in total. The number of rotatable bonds is 3. The number of aliphatic carboxylic acids is 1. The van der Waals surface area contributed by atoms with Gasteiger partial charge in [0.05, 0.1) is 18.1 Å². The fourth-order valence-corrected chi connectivity index (χ4v) is 3.04. The van der Waals surface area contributed by atoms with E-state index in [1.54, 1.807) is 19.1 Å². The number of benzene rings is 1. The molecule has 104 valence electrons. The molecule has 1 aromatic carbocycles. The van der Waals surface area contributed by atoms with Crippen LogP contribution in [0.4, 0.5) is 0 Å². The molecule has 0 amide bonds. The van der Waals surface area contributed by atoms with E-state index in [1.165, 1.54) is 7.11 Å². The molecule has 1 aliphatic rings. The number of methoxy groups -OCH3 is 1. The maximum Gasteiger partial charge on any atom is 0.314 e. The van der Waals surface area contributed by atoms with Crippen molar-refractivity contribution in [1.82, 2.24) is 0 Å². The molecule has 2 N–H and O–H groups in total. The molecule has 0 bridgehead atoms. The number of hydrogen-bond acceptors (Lipinski definition) is 3. The monoisotopic (exact) mass is 264 g/mol. The molecule has 0 radical (unpaired) electrons. The summed E-state index contributed by atoms with van der Waals surface area (Å²) in [5.74, 6) is -0.345. The minimum atomic E-state index is -1.01. The third-order valence-electron chi connectivity index (χ3n) is 4.16. The Bertz CT molecular complexity index is 487. The molecule has 0 aromatic heterocycles. The molecular weight excluding hydrogens is 244 g/mol. The van der Waals surface area contributed by atoms with Gasteiger partial charge in [0, 0.05) is 0 Å². The summed E-state index contributed by atoms with van der Waals surface area (Å²) in [5.41, 5.74) is 0.115. The number of carboxylic acids is 1. The van der Waals surface area contributed by atoms with Crippen LogP contribution in [0.2, 0.25) is 0 Å². The molecule has 1 fully saturated rings. The first-order chi connectivity index (χ1) is 9.03. The van der Waals surface area contributed by atoms with E-state index in [2.05, 4.69) is 0 Å². The minimum Gasteiger partial charge on any atom is -0.507 e. The summed E-state index contributed by atoms with van der Waals surface area (Å²) in [4.78, 5) is 11.8. The van der Waals surface area contributed by atoms with E-state index in [4.69, 9.17) is 4.74 Å². The molecule has 1 aliphatic carbocycles. The Labute approximate surface area is 113 Å². The largest absolute Gasteiger partial charge is 0.507 e. The number of carboxylic acid groups (broad SMARTS) is 1. The van der Waals surface area contributed by atoms with Gasteiger partial charge in [-0.15, -0.1) is 0 Å². The SMILES string of the molecule is COc1ccc(C)c(O)c1C1(C(=O)O)CCCCC1. The molecule has 0 aliphatic heterocycles. The van der Waals surface area contributed by atoms with Crippen LogP contribution in [0.1, 0.15) is 43.2 Å². The van der Waals surface area contributed by atoms with Crippen molar-refractivity contribution in [2.45, 2.75) is 44.4 Å². The zero-order chi connectivity index (χ0) is 14.0. The van der Waals surface area contributed by atoms with E-state index >= 15 is 0 Å². The normalized spacial score (nSPS) is 18.0. The molecule has 0 heterocycles. The zero-order valence-electron chi connectivity index (χ0n) is 11.4. The second kappa shape index (κ2) is 5.11. The van der Waals surface area contributed by atoms with Gasteiger partial charge in [0.2, 0.25) is 0 Å². The Balaban J connectivity index is 2.65. The van der Waals surface area contributed by atoms with Gasteiger partial charge in [-0.2, -0.15) is 0 Å². The minimum absolute atomic E-state index is 0.0589. The van der Waals surface area contributed by atoms with Crippen molar-refractivity contribution in [3.8, 4) is 11.5 Å². The van der Waals surface area contributed by atoms with E-state index in [9.17, 15) is 15.0 Å². The number of phenolic OH excluding ortho intramolecular Hbond substituents is 1. The van der Waals surface area contributed by atoms with Gasteiger partial charge in [0.15, 0.2) is 0 Å². The first kappa shape index (κ1) is 13.7. The number of ether oxygens (including phenoxy) is 1. The Morgan fingerprint density at radius 1 is 1.26 bits per heavy atom. The average molecular weight is 264 g/mol. The van der Waals surface area contributed by atoms with Crippen LogP contribution in [0.25, 0.3) is 0 Å². The first-order valence-electron chi connectivity index (χ1n) is 6.63.